The molecule has 1 heterocycles. The summed E-state index contributed by atoms with van der Waals surface area (Å²) >= 11 is 0. The Balaban J connectivity index is 2.19. The molecule has 0 unspecified atom stereocenters. The fourth-order valence-electron chi connectivity index (χ4n) is 3.09. The summed E-state index contributed by atoms with van der Waals surface area (Å²) in [4.78, 5) is 12.8. The average Bonchev–Trinajstić information content (AvgIpc) is 2.59. The minimum absolute atomic E-state index is 0.0320. The smallest absolute Gasteiger partial charge is 0.420 e. The van der Waals surface area contributed by atoms with Crippen molar-refractivity contribution in [2.24, 2.45) is 0 Å². The molecule has 0 aliphatic rings. The second-order valence-electron chi connectivity index (χ2n) is 5.98. The first-order chi connectivity index (χ1) is 12.6. The Labute approximate surface area is 146 Å². The Morgan fingerprint density at radius 3 is 2.15 bits per heavy atom. The molecule has 0 saturated carbocycles. The number of hydrogen-bond acceptors (Lipinski definition) is 2. The Morgan fingerprint density at radius 1 is 0.778 bits per heavy atom. The molecule has 27 heavy (non-hydrogen) atoms. The first-order valence-corrected chi connectivity index (χ1v) is 7.64. The molecule has 0 atom stereocenters. The number of fused-ring (bicyclic) bond motifs is 4. The van der Waals surface area contributed by atoms with Crippen molar-refractivity contribution in [3.63, 3.8) is 0 Å². The fraction of sp³-hybridized carbons (Fsp3) is 0.105. The van der Waals surface area contributed by atoms with Crippen LogP contribution in [0.15, 0.2) is 57.7 Å². The standard InChI is InChI=1S/C19H8F6O2/c20-18(21,22)10-6-4-9-5-7-14-15(12(9)8-10)16(26)11-2-1-3-13(17(11)27-14)19(23,24)25/h1-8H. The molecule has 0 radical (unpaired) electrons. The maximum atomic E-state index is 13.2. The second kappa shape index (κ2) is 5.48. The maximum absolute atomic E-state index is 13.2. The predicted octanol–water partition coefficient (Wildman–Crippen LogP) is 6.14. The SMILES string of the molecule is O=c1c2cccc(C(F)(F)F)c2oc2ccc3ccc(C(F)(F)F)cc3c12. The maximum Gasteiger partial charge on any atom is 0.420 e. The summed E-state index contributed by atoms with van der Waals surface area (Å²) in [6, 6.07) is 8.53. The summed E-state index contributed by atoms with van der Waals surface area (Å²) in [6.07, 6.45) is -9.37. The van der Waals surface area contributed by atoms with Gasteiger partial charge in [-0.05, 0) is 41.1 Å². The fourth-order valence-corrected chi connectivity index (χ4v) is 3.09. The van der Waals surface area contributed by atoms with Crippen LogP contribution in [0, 0.1) is 0 Å². The summed E-state index contributed by atoms with van der Waals surface area (Å²) in [5, 5.41) is -0.225. The zero-order valence-electron chi connectivity index (χ0n) is 13.2. The van der Waals surface area contributed by atoms with Gasteiger partial charge in [-0.2, -0.15) is 26.3 Å². The van der Waals surface area contributed by atoms with Crippen molar-refractivity contribution in [3.8, 4) is 0 Å². The topological polar surface area (TPSA) is 30.2 Å². The van der Waals surface area contributed by atoms with E-state index >= 15 is 0 Å². The molecular weight excluding hydrogens is 374 g/mol. The second-order valence-corrected chi connectivity index (χ2v) is 5.98. The van der Waals surface area contributed by atoms with Crippen LogP contribution >= 0.6 is 0 Å². The van der Waals surface area contributed by atoms with E-state index in [1.165, 1.54) is 18.2 Å². The molecule has 0 fully saturated rings. The molecular formula is C19H8F6O2. The largest absolute Gasteiger partial charge is 0.455 e. The van der Waals surface area contributed by atoms with E-state index in [-0.39, 0.29) is 21.7 Å². The molecule has 138 valence electrons. The number of alkyl halides is 6. The van der Waals surface area contributed by atoms with Crippen LogP contribution in [-0.4, -0.2) is 0 Å². The highest BCUT2D eigenvalue weighted by Crippen LogP contribution is 2.37. The van der Waals surface area contributed by atoms with Crippen LogP contribution in [0.1, 0.15) is 11.1 Å². The zero-order valence-corrected chi connectivity index (χ0v) is 13.2. The van der Waals surface area contributed by atoms with E-state index in [0.29, 0.717) is 5.39 Å². The highest BCUT2D eigenvalue weighted by atomic mass is 19.4. The molecule has 0 aliphatic carbocycles. The third-order valence-electron chi connectivity index (χ3n) is 4.31. The van der Waals surface area contributed by atoms with Gasteiger partial charge in [0, 0.05) is 0 Å². The van der Waals surface area contributed by atoms with Gasteiger partial charge in [0.1, 0.15) is 5.58 Å². The van der Waals surface area contributed by atoms with E-state index in [4.69, 9.17) is 4.42 Å². The third-order valence-corrected chi connectivity index (χ3v) is 4.31. The lowest BCUT2D eigenvalue weighted by Crippen LogP contribution is -2.10. The molecule has 4 aromatic rings. The van der Waals surface area contributed by atoms with E-state index in [1.807, 2.05) is 0 Å². The molecule has 8 heteroatoms. The highest BCUT2D eigenvalue weighted by Gasteiger charge is 2.35. The lowest BCUT2D eigenvalue weighted by molar-refractivity contribution is -0.138. The van der Waals surface area contributed by atoms with Crippen LogP contribution in [0.25, 0.3) is 32.7 Å². The van der Waals surface area contributed by atoms with E-state index in [0.717, 1.165) is 30.3 Å². The van der Waals surface area contributed by atoms with Gasteiger partial charge in [0.2, 0.25) is 5.43 Å². The number of benzene rings is 3. The van der Waals surface area contributed by atoms with Gasteiger partial charge in [-0.1, -0.05) is 18.2 Å². The summed E-state index contributed by atoms with van der Waals surface area (Å²) in [5.74, 6) is 0. The van der Waals surface area contributed by atoms with Gasteiger partial charge < -0.3 is 4.42 Å². The number of halogens is 6. The van der Waals surface area contributed by atoms with Gasteiger partial charge in [0.05, 0.1) is 21.9 Å². The summed E-state index contributed by atoms with van der Waals surface area (Å²) in [7, 11) is 0. The average molecular weight is 382 g/mol. The minimum Gasteiger partial charge on any atom is -0.455 e. The van der Waals surface area contributed by atoms with Crippen LogP contribution in [0.3, 0.4) is 0 Å². The van der Waals surface area contributed by atoms with Crippen molar-refractivity contribution in [1.29, 1.82) is 0 Å². The lowest BCUT2D eigenvalue weighted by Gasteiger charge is -2.12. The number of para-hydroxylation sites is 1. The van der Waals surface area contributed by atoms with Gasteiger partial charge >= 0.3 is 12.4 Å². The number of rotatable bonds is 0. The lowest BCUT2D eigenvalue weighted by atomic mass is 10.0. The zero-order chi connectivity index (χ0) is 19.6. The highest BCUT2D eigenvalue weighted by molar-refractivity contribution is 6.08. The molecule has 0 bridgehead atoms. The van der Waals surface area contributed by atoms with Crippen molar-refractivity contribution in [2.45, 2.75) is 12.4 Å². The normalized spacial score (nSPS) is 13.0. The van der Waals surface area contributed by atoms with Crippen molar-refractivity contribution < 1.29 is 30.8 Å². The molecule has 2 nitrogen and oxygen atoms in total. The van der Waals surface area contributed by atoms with Crippen molar-refractivity contribution in [3.05, 3.63) is 69.9 Å². The van der Waals surface area contributed by atoms with E-state index in [2.05, 4.69) is 0 Å². The van der Waals surface area contributed by atoms with Crippen molar-refractivity contribution in [1.82, 2.24) is 0 Å². The Morgan fingerprint density at radius 2 is 1.48 bits per heavy atom. The van der Waals surface area contributed by atoms with Gasteiger partial charge in [0.25, 0.3) is 0 Å². The van der Waals surface area contributed by atoms with Gasteiger partial charge in [-0.3, -0.25) is 4.79 Å². The van der Waals surface area contributed by atoms with Crippen molar-refractivity contribution >= 4 is 32.7 Å². The molecule has 0 N–H and O–H groups in total. The van der Waals surface area contributed by atoms with Crippen molar-refractivity contribution in [2.75, 3.05) is 0 Å². The Bertz CT molecular complexity index is 1270. The molecule has 0 saturated heterocycles. The quantitative estimate of drug-likeness (QED) is 0.208. The van der Waals surface area contributed by atoms with E-state index < -0.39 is 34.5 Å². The number of hydrogen-bond donors (Lipinski definition) is 0. The predicted molar refractivity (Wildman–Crippen MR) is 87.5 cm³/mol. The van der Waals surface area contributed by atoms with Gasteiger partial charge in [-0.15, -0.1) is 0 Å². The first-order valence-electron chi connectivity index (χ1n) is 7.64. The van der Waals surface area contributed by atoms with Gasteiger partial charge in [0.15, 0.2) is 5.58 Å². The van der Waals surface area contributed by atoms with Crippen LogP contribution < -0.4 is 5.43 Å². The molecule has 0 spiro atoms. The van der Waals surface area contributed by atoms with Crippen LogP contribution in [-0.2, 0) is 12.4 Å². The molecule has 0 amide bonds. The molecule has 1 aromatic heterocycles. The molecule has 3 aromatic carbocycles. The Hall–Kier alpha value is -3.03. The van der Waals surface area contributed by atoms with Gasteiger partial charge in [-0.25, -0.2) is 0 Å². The van der Waals surface area contributed by atoms with Crippen LogP contribution in [0.5, 0.6) is 0 Å². The van der Waals surface area contributed by atoms with E-state index in [1.54, 1.807) is 0 Å². The summed E-state index contributed by atoms with van der Waals surface area (Å²) in [5.41, 5.74) is -3.76. The van der Waals surface area contributed by atoms with E-state index in [9.17, 15) is 31.1 Å². The first kappa shape index (κ1) is 17.4. The summed E-state index contributed by atoms with van der Waals surface area (Å²) in [6.45, 7) is 0. The Kier molecular flexibility index (Phi) is 3.53. The monoisotopic (exact) mass is 382 g/mol. The van der Waals surface area contributed by atoms with Crippen LogP contribution in [0.4, 0.5) is 26.3 Å². The summed E-state index contributed by atoms with van der Waals surface area (Å²) < 4.78 is 84.0. The van der Waals surface area contributed by atoms with Crippen LogP contribution in [0.2, 0.25) is 0 Å². The minimum atomic E-state index is -4.75. The third kappa shape index (κ3) is 2.72. The molecule has 4 rings (SSSR count). The molecule has 0 aliphatic heterocycles.